The highest BCUT2D eigenvalue weighted by molar-refractivity contribution is 5.27. The summed E-state index contributed by atoms with van der Waals surface area (Å²) in [5, 5.41) is 8.44. The topological polar surface area (TPSA) is 20.2 Å². The Kier molecular flexibility index (Phi) is 1.52. The van der Waals surface area contributed by atoms with Gasteiger partial charge in [-0.25, -0.2) is 0 Å². The first kappa shape index (κ1) is 5.16. The van der Waals surface area contributed by atoms with Crippen LogP contribution in [0.1, 0.15) is 6.42 Å². The predicted octanol–water partition coefficient (Wildman–Crippen LogP) is 1.94. The minimum atomic E-state index is 0.854. The molecule has 1 heteroatoms. The van der Waals surface area contributed by atoms with Crippen molar-refractivity contribution in [3.63, 3.8) is 0 Å². The SMILES string of the molecule is OC=C1C=CC=CC1. The van der Waals surface area contributed by atoms with Crippen molar-refractivity contribution < 1.29 is 5.11 Å². The summed E-state index contributed by atoms with van der Waals surface area (Å²) in [6.07, 6.45) is 9.76. The van der Waals surface area contributed by atoms with Crippen molar-refractivity contribution in [1.29, 1.82) is 0 Å². The van der Waals surface area contributed by atoms with E-state index in [1.54, 1.807) is 0 Å². The van der Waals surface area contributed by atoms with Gasteiger partial charge in [0.1, 0.15) is 0 Å². The fourth-order valence-electron chi connectivity index (χ4n) is 0.626. The zero-order valence-electron chi connectivity index (χ0n) is 4.54. The van der Waals surface area contributed by atoms with E-state index in [0.717, 1.165) is 18.3 Å². The van der Waals surface area contributed by atoms with Crippen LogP contribution in [-0.4, -0.2) is 5.11 Å². The van der Waals surface area contributed by atoms with Gasteiger partial charge < -0.3 is 5.11 Å². The molecule has 0 fully saturated rings. The molecule has 0 atom stereocenters. The largest absolute Gasteiger partial charge is 0.515 e. The van der Waals surface area contributed by atoms with Gasteiger partial charge in [-0.15, -0.1) is 0 Å². The molecule has 0 radical (unpaired) electrons. The van der Waals surface area contributed by atoms with Crippen molar-refractivity contribution in [2.45, 2.75) is 6.42 Å². The maximum absolute atomic E-state index is 8.44. The number of rotatable bonds is 0. The molecule has 0 unspecified atom stereocenters. The van der Waals surface area contributed by atoms with Crippen molar-refractivity contribution in [3.8, 4) is 0 Å². The van der Waals surface area contributed by atoms with Crippen molar-refractivity contribution in [1.82, 2.24) is 0 Å². The minimum Gasteiger partial charge on any atom is -0.515 e. The van der Waals surface area contributed by atoms with E-state index in [-0.39, 0.29) is 0 Å². The fourth-order valence-corrected chi connectivity index (χ4v) is 0.626. The summed E-state index contributed by atoms with van der Waals surface area (Å²) in [7, 11) is 0. The van der Waals surface area contributed by atoms with Crippen molar-refractivity contribution >= 4 is 0 Å². The molecule has 0 spiro atoms. The smallest absolute Gasteiger partial charge is 0.0826 e. The second kappa shape index (κ2) is 2.36. The van der Waals surface area contributed by atoms with Crippen LogP contribution in [0.25, 0.3) is 0 Å². The van der Waals surface area contributed by atoms with E-state index in [1.165, 1.54) is 0 Å². The molecule has 1 N–H and O–H groups in total. The maximum atomic E-state index is 8.44. The Balaban J connectivity index is 2.66. The summed E-state index contributed by atoms with van der Waals surface area (Å²) in [6, 6.07) is 0. The number of allylic oxidation sites excluding steroid dienone is 5. The summed E-state index contributed by atoms with van der Waals surface area (Å²) in [5.41, 5.74) is 0.965. The van der Waals surface area contributed by atoms with Gasteiger partial charge in [0.15, 0.2) is 0 Å². The highest BCUT2D eigenvalue weighted by Gasteiger charge is 1.89. The second-order valence-electron chi connectivity index (χ2n) is 1.70. The Hall–Kier alpha value is -0.980. The molecule has 1 aliphatic rings. The molecule has 0 heterocycles. The lowest BCUT2D eigenvalue weighted by molar-refractivity contribution is 0.468. The molecule has 0 aromatic carbocycles. The van der Waals surface area contributed by atoms with Crippen LogP contribution >= 0.6 is 0 Å². The molecule has 42 valence electrons. The Labute approximate surface area is 48.6 Å². The lowest BCUT2D eigenvalue weighted by Gasteiger charge is -1.96. The molecule has 1 aliphatic carbocycles. The van der Waals surface area contributed by atoms with Crippen molar-refractivity contribution in [3.05, 3.63) is 36.1 Å². The zero-order chi connectivity index (χ0) is 5.82. The molecular weight excluding hydrogens is 100 g/mol. The van der Waals surface area contributed by atoms with E-state index in [4.69, 9.17) is 5.11 Å². The number of aliphatic hydroxyl groups is 1. The van der Waals surface area contributed by atoms with Gasteiger partial charge in [-0.05, 0) is 12.0 Å². The average Bonchev–Trinajstić information content (AvgIpc) is 1.90. The highest BCUT2D eigenvalue weighted by atomic mass is 16.2. The van der Waals surface area contributed by atoms with Crippen LogP contribution in [0.5, 0.6) is 0 Å². The van der Waals surface area contributed by atoms with Crippen LogP contribution in [0.3, 0.4) is 0 Å². The van der Waals surface area contributed by atoms with Crippen LogP contribution in [0.4, 0.5) is 0 Å². The molecule has 1 rings (SSSR count). The summed E-state index contributed by atoms with van der Waals surface area (Å²) in [6.45, 7) is 0. The van der Waals surface area contributed by atoms with Crippen LogP contribution in [0.2, 0.25) is 0 Å². The molecular formula is C7H8O. The van der Waals surface area contributed by atoms with Gasteiger partial charge in [0.2, 0.25) is 0 Å². The third-order valence-electron chi connectivity index (χ3n) is 1.08. The molecule has 1 nitrogen and oxygen atoms in total. The normalized spacial score (nSPS) is 22.2. The standard InChI is InChI=1S/C7H8O/c8-6-7-4-2-1-3-5-7/h1-4,6,8H,5H2. The minimum absolute atomic E-state index is 0.854. The van der Waals surface area contributed by atoms with Gasteiger partial charge in [-0.3, -0.25) is 0 Å². The Morgan fingerprint density at radius 2 is 2.38 bits per heavy atom. The Bertz CT molecular complexity index is 152. The third kappa shape index (κ3) is 0.997. The lowest BCUT2D eigenvalue weighted by atomic mass is 10.1. The van der Waals surface area contributed by atoms with Crippen LogP contribution in [0, 0.1) is 0 Å². The highest BCUT2D eigenvalue weighted by Crippen LogP contribution is 2.07. The molecule has 0 amide bonds. The van der Waals surface area contributed by atoms with Gasteiger partial charge in [0.05, 0.1) is 6.26 Å². The Morgan fingerprint density at radius 1 is 1.50 bits per heavy atom. The molecule has 8 heavy (non-hydrogen) atoms. The van der Waals surface area contributed by atoms with Crippen LogP contribution in [0.15, 0.2) is 36.1 Å². The van der Waals surface area contributed by atoms with Gasteiger partial charge in [0, 0.05) is 0 Å². The average molecular weight is 108 g/mol. The monoisotopic (exact) mass is 108 g/mol. The van der Waals surface area contributed by atoms with Gasteiger partial charge in [0.25, 0.3) is 0 Å². The Morgan fingerprint density at radius 3 is 2.75 bits per heavy atom. The van der Waals surface area contributed by atoms with Gasteiger partial charge >= 0.3 is 0 Å². The molecule has 0 aromatic heterocycles. The molecule has 0 saturated carbocycles. The molecule has 0 bridgehead atoms. The zero-order valence-corrected chi connectivity index (χ0v) is 4.54. The number of hydrogen-bond donors (Lipinski definition) is 1. The first-order chi connectivity index (χ1) is 3.93. The number of hydrogen-bond acceptors (Lipinski definition) is 1. The van der Waals surface area contributed by atoms with Crippen LogP contribution < -0.4 is 0 Å². The number of aliphatic hydroxyl groups excluding tert-OH is 1. The van der Waals surface area contributed by atoms with E-state index in [2.05, 4.69) is 0 Å². The van der Waals surface area contributed by atoms with Gasteiger partial charge in [-0.2, -0.15) is 0 Å². The van der Waals surface area contributed by atoms with Crippen molar-refractivity contribution in [2.24, 2.45) is 0 Å². The maximum Gasteiger partial charge on any atom is 0.0826 e. The quantitative estimate of drug-likeness (QED) is 0.470. The summed E-state index contributed by atoms with van der Waals surface area (Å²) in [5.74, 6) is 0. The fraction of sp³-hybridized carbons (Fsp3) is 0.143. The summed E-state index contributed by atoms with van der Waals surface area (Å²) >= 11 is 0. The first-order valence-electron chi connectivity index (χ1n) is 2.60. The second-order valence-corrected chi connectivity index (χ2v) is 1.70. The van der Waals surface area contributed by atoms with E-state index >= 15 is 0 Å². The molecule has 0 aliphatic heterocycles. The molecule has 0 saturated heterocycles. The lowest BCUT2D eigenvalue weighted by Crippen LogP contribution is -1.78. The third-order valence-corrected chi connectivity index (χ3v) is 1.08. The van der Waals surface area contributed by atoms with E-state index < -0.39 is 0 Å². The van der Waals surface area contributed by atoms with E-state index in [0.29, 0.717) is 0 Å². The summed E-state index contributed by atoms with van der Waals surface area (Å²) in [4.78, 5) is 0. The van der Waals surface area contributed by atoms with Crippen LogP contribution in [-0.2, 0) is 0 Å². The summed E-state index contributed by atoms with van der Waals surface area (Å²) < 4.78 is 0. The first-order valence-corrected chi connectivity index (χ1v) is 2.60. The van der Waals surface area contributed by atoms with Crippen molar-refractivity contribution in [2.75, 3.05) is 0 Å². The van der Waals surface area contributed by atoms with E-state index in [9.17, 15) is 0 Å². The van der Waals surface area contributed by atoms with Gasteiger partial charge in [-0.1, -0.05) is 24.3 Å². The molecule has 0 aromatic rings. The predicted molar refractivity (Wildman–Crippen MR) is 33.6 cm³/mol. The van der Waals surface area contributed by atoms with E-state index in [1.807, 2.05) is 24.3 Å².